The Labute approximate surface area is 116 Å². The van der Waals surface area contributed by atoms with Gasteiger partial charge >= 0.3 is 0 Å². The summed E-state index contributed by atoms with van der Waals surface area (Å²) in [6.07, 6.45) is 5.36. The summed E-state index contributed by atoms with van der Waals surface area (Å²) in [5, 5.41) is 0. The van der Waals surface area contributed by atoms with Crippen molar-refractivity contribution in [1.82, 2.24) is 4.90 Å². The maximum absolute atomic E-state index is 12.6. The molecule has 0 spiro atoms. The summed E-state index contributed by atoms with van der Waals surface area (Å²) >= 11 is 0. The Kier molecular flexibility index (Phi) is 5.00. The van der Waals surface area contributed by atoms with Gasteiger partial charge in [0.05, 0.1) is 0 Å². The van der Waals surface area contributed by atoms with Crippen molar-refractivity contribution in [3.63, 3.8) is 0 Å². The fourth-order valence-corrected chi connectivity index (χ4v) is 2.89. The van der Waals surface area contributed by atoms with Crippen molar-refractivity contribution >= 4 is 5.91 Å². The lowest BCUT2D eigenvalue weighted by molar-refractivity contribution is -0.136. The quantitative estimate of drug-likeness (QED) is 0.788. The molecular formula is C17H25NO. The van der Waals surface area contributed by atoms with Crippen molar-refractivity contribution in [1.29, 1.82) is 0 Å². The summed E-state index contributed by atoms with van der Waals surface area (Å²) in [5.74, 6) is 0.593. The number of hydrogen-bond acceptors (Lipinski definition) is 1. The van der Waals surface area contributed by atoms with Crippen molar-refractivity contribution in [2.45, 2.75) is 52.5 Å². The van der Waals surface area contributed by atoms with E-state index in [2.05, 4.69) is 43.0 Å². The molecule has 0 radical (unpaired) electrons. The Morgan fingerprint density at radius 2 is 2.00 bits per heavy atom. The van der Waals surface area contributed by atoms with Crippen molar-refractivity contribution in [3.8, 4) is 0 Å². The molecule has 1 aliphatic rings. The molecule has 1 heterocycles. The van der Waals surface area contributed by atoms with Crippen LogP contribution in [-0.2, 0) is 17.8 Å². The van der Waals surface area contributed by atoms with Gasteiger partial charge in [-0.1, -0.05) is 51.0 Å². The molecule has 1 aliphatic heterocycles. The second-order valence-electron chi connectivity index (χ2n) is 5.53. The van der Waals surface area contributed by atoms with Crippen LogP contribution in [0.4, 0.5) is 0 Å². The van der Waals surface area contributed by atoms with Crippen LogP contribution in [0.1, 0.15) is 50.7 Å². The average molecular weight is 259 g/mol. The topological polar surface area (TPSA) is 20.3 Å². The van der Waals surface area contributed by atoms with Crippen LogP contribution >= 0.6 is 0 Å². The molecule has 2 nitrogen and oxygen atoms in total. The van der Waals surface area contributed by atoms with Crippen molar-refractivity contribution in [2.75, 3.05) is 6.54 Å². The number of rotatable bonds is 5. The summed E-state index contributed by atoms with van der Waals surface area (Å²) in [6.45, 7) is 6.01. The molecule has 0 aromatic heterocycles. The molecule has 0 aliphatic carbocycles. The first-order valence-electron chi connectivity index (χ1n) is 7.61. The Bertz CT molecular complexity index is 427. The standard InChI is InChI=1S/C17H25NO/c1-3-5-8-14(4-2)17(19)18-12-11-15-9-6-7-10-16(15)13-18/h6-7,9-10,14H,3-5,8,11-13H2,1-2H3/t14-/m0/s1. The van der Waals surface area contributed by atoms with Crippen molar-refractivity contribution in [2.24, 2.45) is 5.92 Å². The molecule has 0 N–H and O–H groups in total. The number of nitrogens with zero attached hydrogens (tertiary/aromatic N) is 1. The van der Waals surface area contributed by atoms with E-state index in [1.807, 2.05) is 0 Å². The molecule has 2 heteroatoms. The van der Waals surface area contributed by atoms with Crippen molar-refractivity contribution in [3.05, 3.63) is 35.4 Å². The molecule has 1 aromatic rings. The molecule has 1 atom stereocenters. The fraction of sp³-hybridized carbons (Fsp3) is 0.588. The minimum atomic E-state index is 0.227. The maximum atomic E-state index is 12.6. The summed E-state index contributed by atoms with van der Waals surface area (Å²) < 4.78 is 0. The predicted molar refractivity (Wildman–Crippen MR) is 78.9 cm³/mol. The Morgan fingerprint density at radius 1 is 1.26 bits per heavy atom. The molecule has 104 valence electrons. The van der Waals surface area contributed by atoms with Gasteiger partial charge in [0, 0.05) is 19.0 Å². The minimum absolute atomic E-state index is 0.227. The van der Waals surface area contributed by atoms with Gasteiger partial charge in [0.15, 0.2) is 0 Å². The number of hydrogen-bond donors (Lipinski definition) is 0. The van der Waals surface area contributed by atoms with Crippen LogP contribution in [0.25, 0.3) is 0 Å². The first-order chi connectivity index (χ1) is 9.26. The Hall–Kier alpha value is -1.31. The SMILES string of the molecule is CCCC[C@H](CC)C(=O)N1CCc2ccccc2C1. The van der Waals surface area contributed by atoms with E-state index in [0.29, 0.717) is 5.91 Å². The number of amides is 1. The number of benzene rings is 1. The molecular weight excluding hydrogens is 234 g/mol. The Morgan fingerprint density at radius 3 is 2.68 bits per heavy atom. The smallest absolute Gasteiger partial charge is 0.225 e. The lowest BCUT2D eigenvalue weighted by atomic mass is 9.94. The molecule has 0 saturated carbocycles. The number of carbonyl (C=O) groups excluding carboxylic acids is 1. The van der Waals surface area contributed by atoms with Gasteiger partial charge < -0.3 is 4.90 Å². The van der Waals surface area contributed by atoms with Crippen LogP contribution in [0.3, 0.4) is 0 Å². The van der Waals surface area contributed by atoms with Crippen LogP contribution in [0.5, 0.6) is 0 Å². The van der Waals surface area contributed by atoms with Gasteiger partial charge in [-0.15, -0.1) is 0 Å². The van der Waals surface area contributed by atoms with Gasteiger partial charge in [-0.3, -0.25) is 4.79 Å². The van der Waals surface area contributed by atoms with Crippen LogP contribution in [-0.4, -0.2) is 17.4 Å². The number of unbranched alkanes of at least 4 members (excludes halogenated alkanes) is 1. The Balaban J connectivity index is 2.01. The number of carbonyl (C=O) groups is 1. The van der Waals surface area contributed by atoms with Crippen LogP contribution in [0, 0.1) is 5.92 Å². The van der Waals surface area contributed by atoms with E-state index in [-0.39, 0.29) is 5.92 Å². The maximum Gasteiger partial charge on any atom is 0.225 e. The fourth-order valence-electron chi connectivity index (χ4n) is 2.89. The lowest BCUT2D eigenvalue weighted by Gasteiger charge is -2.31. The highest BCUT2D eigenvalue weighted by Gasteiger charge is 2.25. The van der Waals surface area contributed by atoms with Gasteiger partial charge in [-0.05, 0) is 30.4 Å². The average Bonchev–Trinajstić information content (AvgIpc) is 2.47. The van der Waals surface area contributed by atoms with E-state index in [9.17, 15) is 4.79 Å². The van der Waals surface area contributed by atoms with Gasteiger partial charge in [-0.25, -0.2) is 0 Å². The van der Waals surface area contributed by atoms with E-state index in [0.717, 1.165) is 38.8 Å². The van der Waals surface area contributed by atoms with Gasteiger partial charge in [0.1, 0.15) is 0 Å². The van der Waals surface area contributed by atoms with Gasteiger partial charge in [0.25, 0.3) is 0 Å². The third-order valence-electron chi connectivity index (χ3n) is 4.19. The first kappa shape index (κ1) is 14.1. The van der Waals surface area contributed by atoms with Crippen LogP contribution in [0.15, 0.2) is 24.3 Å². The molecule has 0 bridgehead atoms. The lowest BCUT2D eigenvalue weighted by Crippen LogP contribution is -2.39. The van der Waals surface area contributed by atoms with E-state index in [4.69, 9.17) is 0 Å². The highest BCUT2D eigenvalue weighted by molar-refractivity contribution is 5.79. The first-order valence-corrected chi connectivity index (χ1v) is 7.61. The zero-order valence-corrected chi connectivity index (χ0v) is 12.2. The molecule has 19 heavy (non-hydrogen) atoms. The van der Waals surface area contributed by atoms with E-state index in [1.54, 1.807) is 0 Å². The summed E-state index contributed by atoms with van der Waals surface area (Å²) in [4.78, 5) is 14.6. The predicted octanol–water partition coefficient (Wildman–Crippen LogP) is 3.79. The third kappa shape index (κ3) is 3.37. The van der Waals surface area contributed by atoms with Crippen LogP contribution in [0.2, 0.25) is 0 Å². The van der Waals surface area contributed by atoms with Crippen LogP contribution < -0.4 is 0 Å². The molecule has 2 rings (SSSR count). The highest BCUT2D eigenvalue weighted by atomic mass is 16.2. The van der Waals surface area contributed by atoms with E-state index < -0.39 is 0 Å². The molecule has 0 fully saturated rings. The highest BCUT2D eigenvalue weighted by Crippen LogP contribution is 2.22. The molecule has 0 saturated heterocycles. The second kappa shape index (κ2) is 6.74. The molecule has 1 aromatic carbocycles. The molecule has 0 unspecified atom stereocenters. The van der Waals surface area contributed by atoms with Crippen molar-refractivity contribution < 1.29 is 4.79 Å². The monoisotopic (exact) mass is 259 g/mol. The second-order valence-corrected chi connectivity index (χ2v) is 5.53. The largest absolute Gasteiger partial charge is 0.338 e. The number of fused-ring (bicyclic) bond motifs is 1. The van der Waals surface area contributed by atoms with Gasteiger partial charge in [0.2, 0.25) is 5.91 Å². The van der Waals surface area contributed by atoms with E-state index in [1.165, 1.54) is 17.5 Å². The normalized spacial score (nSPS) is 16.0. The van der Waals surface area contributed by atoms with E-state index >= 15 is 0 Å². The third-order valence-corrected chi connectivity index (χ3v) is 4.19. The van der Waals surface area contributed by atoms with Gasteiger partial charge in [-0.2, -0.15) is 0 Å². The summed E-state index contributed by atoms with van der Waals surface area (Å²) in [6, 6.07) is 8.50. The summed E-state index contributed by atoms with van der Waals surface area (Å²) in [5.41, 5.74) is 2.74. The zero-order valence-electron chi connectivity index (χ0n) is 12.2. The molecule has 1 amide bonds. The summed E-state index contributed by atoms with van der Waals surface area (Å²) in [7, 11) is 0. The zero-order chi connectivity index (χ0) is 13.7. The minimum Gasteiger partial charge on any atom is -0.338 e.